The summed E-state index contributed by atoms with van der Waals surface area (Å²) in [7, 11) is 7.52. The maximum atomic E-state index is 3.94. The van der Waals surface area contributed by atoms with Gasteiger partial charge >= 0.3 is 21.7 Å². The molecule has 8 nitrogen and oxygen atoms in total. The van der Waals surface area contributed by atoms with Gasteiger partial charge in [0.1, 0.15) is 0 Å². The smallest absolute Gasteiger partial charge is 0.503 e. The molecule has 0 saturated heterocycles. The predicted molar refractivity (Wildman–Crippen MR) is 60.0 cm³/mol. The summed E-state index contributed by atoms with van der Waals surface area (Å²) < 4.78 is 3.14. The first-order valence-electron chi connectivity index (χ1n) is 4.77. The van der Waals surface area contributed by atoms with Gasteiger partial charge in [0, 0.05) is 12.7 Å². The predicted octanol–water partition coefficient (Wildman–Crippen LogP) is 0.0636. The first kappa shape index (κ1) is 12.5. The second kappa shape index (κ2) is 4.75. The Morgan fingerprint density at radius 1 is 0.889 bits per heavy atom. The summed E-state index contributed by atoms with van der Waals surface area (Å²) >= 11 is 0. The van der Waals surface area contributed by atoms with Crippen LogP contribution in [0.2, 0.25) is 0 Å². The van der Waals surface area contributed by atoms with Crippen LogP contribution in [0.25, 0.3) is 0 Å². The standard InChI is InChI=1S/C9H9N8.Ti/c1-14-5-10-12-8(14)16-3-4-17(7-16)9-13-11-6-15(9)2;/h3-7H,1-2H2;/q-3;+3. The van der Waals surface area contributed by atoms with Gasteiger partial charge in [0.15, 0.2) is 0 Å². The van der Waals surface area contributed by atoms with E-state index in [-0.39, 0.29) is 21.7 Å². The largest absolute Gasteiger partial charge is 3.00 e. The van der Waals surface area contributed by atoms with E-state index in [0.717, 1.165) is 0 Å². The Morgan fingerprint density at radius 2 is 1.33 bits per heavy atom. The SMILES string of the molecule is [CH2-]n1cnnc1N1C=CN(c2nncn2[CH2-])[CH-]1.[Ti+3]. The zero-order valence-corrected chi connectivity index (χ0v) is 10.9. The molecule has 0 saturated carbocycles. The molecule has 2 aromatic rings. The van der Waals surface area contributed by atoms with Gasteiger partial charge in [-0.1, -0.05) is 0 Å². The molecule has 0 bridgehead atoms. The van der Waals surface area contributed by atoms with Crippen molar-refractivity contribution in [2.45, 2.75) is 0 Å². The number of nitrogens with zero attached hydrogens (tertiary/aromatic N) is 8. The van der Waals surface area contributed by atoms with E-state index in [4.69, 9.17) is 0 Å². The Hall–Kier alpha value is -1.93. The minimum absolute atomic E-state index is 0. The zero-order valence-electron chi connectivity index (χ0n) is 9.38. The van der Waals surface area contributed by atoms with Gasteiger partial charge in [0.25, 0.3) is 0 Å². The quantitative estimate of drug-likeness (QED) is 0.571. The second-order valence-corrected chi connectivity index (χ2v) is 3.43. The number of rotatable bonds is 2. The van der Waals surface area contributed by atoms with Crippen molar-refractivity contribution in [2.24, 2.45) is 0 Å². The molecule has 0 unspecified atom stereocenters. The maximum absolute atomic E-state index is 3.94. The van der Waals surface area contributed by atoms with Gasteiger partial charge in [-0.3, -0.25) is 0 Å². The van der Waals surface area contributed by atoms with Gasteiger partial charge in [-0.05, 0) is 12.4 Å². The van der Waals surface area contributed by atoms with E-state index in [2.05, 4.69) is 34.5 Å². The van der Waals surface area contributed by atoms with E-state index in [1.165, 1.54) is 12.7 Å². The molecule has 1 aliphatic heterocycles. The van der Waals surface area contributed by atoms with Crippen molar-refractivity contribution in [3.8, 4) is 0 Å². The van der Waals surface area contributed by atoms with E-state index < -0.39 is 0 Å². The molecule has 0 fully saturated rings. The van der Waals surface area contributed by atoms with Crippen LogP contribution >= 0.6 is 0 Å². The molecule has 1 aliphatic rings. The summed E-state index contributed by atoms with van der Waals surface area (Å²) in [5.74, 6) is 1.22. The first-order valence-corrected chi connectivity index (χ1v) is 4.77. The monoisotopic (exact) mass is 277 g/mol. The minimum atomic E-state index is 0. The molecule has 9 heteroatoms. The van der Waals surface area contributed by atoms with Crippen LogP contribution in [0.4, 0.5) is 11.9 Å². The molecule has 0 aromatic carbocycles. The molecule has 3 heterocycles. The van der Waals surface area contributed by atoms with Crippen LogP contribution in [0.1, 0.15) is 0 Å². The van der Waals surface area contributed by atoms with Crippen LogP contribution in [-0.2, 0) is 21.7 Å². The van der Waals surface area contributed by atoms with Crippen LogP contribution in [0.3, 0.4) is 0 Å². The van der Waals surface area contributed by atoms with E-state index in [9.17, 15) is 0 Å². The van der Waals surface area contributed by atoms with Gasteiger partial charge < -0.3 is 18.9 Å². The topological polar surface area (TPSA) is 67.9 Å². The van der Waals surface area contributed by atoms with Crippen molar-refractivity contribution in [1.29, 1.82) is 0 Å². The van der Waals surface area contributed by atoms with E-state index >= 15 is 0 Å². The van der Waals surface area contributed by atoms with Gasteiger partial charge in [0.2, 0.25) is 0 Å². The van der Waals surface area contributed by atoms with Crippen molar-refractivity contribution in [3.05, 3.63) is 45.8 Å². The molecule has 1 radical (unpaired) electrons. The summed E-state index contributed by atoms with van der Waals surface area (Å²) in [5.41, 5.74) is 0. The maximum Gasteiger partial charge on any atom is 3.00 e. The number of anilines is 2. The van der Waals surface area contributed by atoms with Crippen LogP contribution in [0.5, 0.6) is 0 Å². The summed E-state index contributed by atoms with van der Waals surface area (Å²) in [6, 6.07) is 0. The van der Waals surface area contributed by atoms with Crippen LogP contribution in [0, 0.1) is 20.8 Å². The fourth-order valence-electron chi connectivity index (χ4n) is 1.49. The third-order valence-corrected chi connectivity index (χ3v) is 2.29. The third-order valence-electron chi connectivity index (χ3n) is 2.29. The number of hydrogen-bond donors (Lipinski definition) is 0. The summed E-state index contributed by atoms with van der Waals surface area (Å²) in [5, 5.41) is 15.4. The molecule has 0 N–H and O–H groups in total. The fraction of sp³-hybridized carbons (Fsp3) is 0. The molecule has 18 heavy (non-hydrogen) atoms. The zero-order chi connectivity index (χ0) is 11.8. The Kier molecular flexibility index (Phi) is 3.31. The summed E-state index contributed by atoms with van der Waals surface area (Å²) in [4.78, 5) is 3.54. The van der Waals surface area contributed by atoms with Crippen molar-refractivity contribution in [1.82, 2.24) is 29.5 Å². The van der Waals surface area contributed by atoms with Crippen LogP contribution < -0.4 is 9.80 Å². The number of hydrogen-bond acceptors (Lipinski definition) is 6. The van der Waals surface area contributed by atoms with Crippen molar-refractivity contribution >= 4 is 11.9 Å². The van der Waals surface area contributed by atoms with Crippen LogP contribution in [-0.4, -0.2) is 29.5 Å². The Balaban J connectivity index is 0.00000120. The number of aromatic nitrogens is 6. The van der Waals surface area contributed by atoms with Crippen molar-refractivity contribution in [3.63, 3.8) is 0 Å². The molecule has 0 spiro atoms. The fourth-order valence-corrected chi connectivity index (χ4v) is 1.49. The molecule has 2 aromatic heterocycles. The molecular formula is C9H9N8Ti. The van der Waals surface area contributed by atoms with E-state index in [0.29, 0.717) is 11.9 Å². The Bertz CT molecular complexity index is 510. The molecule has 0 aliphatic carbocycles. The Morgan fingerprint density at radius 3 is 1.67 bits per heavy atom. The minimum Gasteiger partial charge on any atom is -0.503 e. The van der Waals surface area contributed by atoms with Gasteiger partial charge in [-0.25, -0.2) is 10.2 Å². The average molecular weight is 277 g/mol. The summed E-state index contributed by atoms with van der Waals surface area (Å²) in [6.45, 7) is 1.79. The van der Waals surface area contributed by atoms with Crippen molar-refractivity contribution < 1.29 is 21.7 Å². The molecule has 0 atom stereocenters. The molecule has 89 valence electrons. The van der Waals surface area contributed by atoms with E-state index in [1.54, 1.807) is 25.6 Å². The summed E-state index contributed by atoms with van der Waals surface area (Å²) in [6.07, 6.45) is 6.70. The average Bonchev–Trinajstić information content (AvgIpc) is 2.97. The first-order chi connectivity index (χ1) is 8.25. The van der Waals surface area contributed by atoms with Gasteiger partial charge in [-0.2, -0.15) is 16.9 Å². The molecule has 3 rings (SSSR count). The van der Waals surface area contributed by atoms with Gasteiger partial charge in [0.05, 0.1) is 11.9 Å². The van der Waals surface area contributed by atoms with Crippen molar-refractivity contribution in [2.75, 3.05) is 9.80 Å². The Labute approximate surface area is 119 Å². The molecular weight excluding hydrogens is 268 g/mol. The second-order valence-electron chi connectivity index (χ2n) is 3.43. The third kappa shape index (κ3) is 1.96. The van der Waals surface area contributed by atoms with Crippen LogP contribution in [0.15, 0.2) is 25.1 Å². The molecule has 0 amide bonds. The van der Waals surface area contributed by atoms with E-state index in [1.807, 2.05) is 12.4 Å². The van der Waals surface area contributed by atoms with Gasteiger partial charge in [-0.15, -0.1) is 14.1 Å². The normalized spacial score (nSPS) is 14.0.